The zero-order valence-electron chi connectivity index (χ0n) is 12.1. The largest absolute Gasteiger partial charge is 0.339 e. The molecule has 0 spiro atoms. The summed E-state index contributed by atoms with van der Waals surface area (Å²) in [5.41, 5.74) is 4.18. The van der Waals surface area contributed by atoms with E-state index in [9.17, 15) is 0 Å². The average Bonchev–Trinajstić information content (AvgIpc) is 2.99. The van der Waals surface area contributed by atoms with Crippen LogP contribution in [0.15, 0.2) is 53.4 Å². The SMILES string of the molecule is c1ccc2c(c1)CSc1ccccc1N2CC1CCCN1. The van der Waals surface area contributed by atoms with Crippen LogP contribution in [0.2, 0.25) is 0 Å². The summed E-state index contributed by atoms with van der Waals surface area (Å²) in [5.74, 6) is 1.06. The molecule has 0 saturated carbocycles. The summed E-state index contributed by atoms with van der Waals surface area (Å²) in [6, 6.07) is 18.3. The molecule has 1 unspecified atom stereocenters. The van der Waals surface area contributed by atoms with Gasteiger partial charge in [0.2, 0.25) is 0 Å². The normalized spacial score (nSPS) is 20.8. The van der Waals surface area contributed by atoms with Gasteiger partial charge in [0.25, 0.3) is 0 Å². The van der Waals surface area contributed by atoms with Gasteiger partial charge in [-0.2, -0.15) is 0 Å². The molecular formula is C18H20N2S. The molecule has 21 heavy (non-hydrogen) atoms. The van der Waals surface area contributed by atoms with Crippen molar-refractivity contribution in [1.82, 2.24) is 5.32 Å². The molecule has 0 radical (unpaired) electrons. The predicted molar refractivity (Wildman–Crippen MR) is 90.5 cm³/mol. The minimum Gasteiger partial charge on any atom is -0.339 e. The van der Waals surface area contributed by atoms with Crippen molar-refractivity contribution in [3.05, 3.63) is 54.1 Å². The van der Waals surface area contributed by atoms with Gasteiger partial charge in [0, 0.05) is 28.9 Å². The molecule has 1 fully saturated rings. The monoisotopic (exact) mass is 296 g/mol. The minimum atomic E-state index is 0.606. The second kappa shape index (κ2) is 5.74. The van der Waals surface area contributed by atoms with Crippen molar-refractivity contribution in [2.75, 3.05) is 18.0 Å². The number of benzene rings is 2. The highest BCUT2D eigenvalue weighted by atomic mass is 32.2. The lowest BCUT2D eigenvalue weighted by Crippen LogP contribution is -2.35. The molecule has 1 saturated heterocycles. The van der Waals surface area contributed by atoms with E-state index in [1.54, 1.807) is 0 Å². The molecule has 0 bridgehead atoms. The molecule has 4 rings (SSSR count). The van der Waals surface area contributed by atoms with Crippen molar-refractivity contribution in [3.8, 4) is 0 Å². The third-order valence-electron chi connectivity index (χ3n) is 4.39. The van der Waals surface area contributed by atoms with Gasteiger partial charge < -0.3 is 10.2 Å². The second-order valence-corrected chi connectivity index (χ2v) is 6.81. The van der Waals surface area contributed by atoms with Gasteiger partial charge in [-0.15, -0.1) is 11.8 Å². The number of para-hydroxylation sites is 2. The van der Waals surface area contributed by atoms with E-state index in [-0.39, 0.29) is 0 Å². The number of fused-ring (bicyclic) bond motifs is 2. The Balaban J connectivity index is 1.77. The highest BCUT2D eigenvalue weighted by Gasteiger charge is 2.24. The van der Waals surface area contributed by atoms with E-state index < -0.39 is 0 Å². The lowest BCUT2D eigenvalue weighted by molar-refractivity contribution is 0.607. The Morgan fingerprint density at radius 2 is 1.86 bits per heavy atom. The Labute approximate surface area is 130 Å². The Kier molecular flexibility index (Phi) is 3.62. The van der Waals surface area contributed by atoms with Crippen LogP contribution in [0, 0.1) is 0 Å². The molecule has 2 heterocycles. The van der Waals surface area contributed by atoms with E-state index in [0.29, 0.717) is 6.04 Å². The van der Waals surface area contributed by atoms with Gasteiger partial charge in [-0.1, -0.05) is 30.3 Å². The van der Waals surface area contributed by atoms with E-state index in [2.05, 4.69) is 58.7 Å². The lowest BCUT2D eigenvalue weighted by Gasteiger charge is -2.29. The smallest absolute Gasteiger partial charge is 0.0549 e. The van der Waals surface area contributed by atoms with Crippen molar-refractivity contribution in [3.63, 3.8) is 0 Å². The van der Waals surface area contributed by atoms with E-state index in [4.69, 9.17) is 0 Å². The zero-order valence-corrected chi connectivity index (χ0v) is 12.9. The highest BCUT2D eigenvalue weighted by molar-refractivity contribution is 7.98. The third-order valence-corrected chi connectivity index (χ3v) is 5.50. The van der Waals surface area contributed by atoms with Gasteiger partial charge in [-0.3, -0.25) is 0 Å². The number of hydrogen-bond acceptors (Lipinski definition) is 3. The summed E-state index contributed by atoms with van der Waals surface area (Å²) in [6.45, 7) is 2.23. The van der Waals surface area contributed by atoms with E-state index in [0.717, 1.165) is 18.8 Å². The molecule has 0 aliphatic carbocycles. The maximum atomic E-state index is 3.64. The van der Waals surface area contributed by atoms with E-state index in [1.807, 2.05) is 11.8 Å². The van der Waals surface area contributed by atoms with Crippen LogP contribution in [-0.4, -0.2) is 19.1 Å². The minimum absolute atomic E-state index is 0.606. The summed E-state index contributed by atoms with van der Waals surface area (Å²) in [6.07, 6.45) is 2.59. The molecule has 2 nitrogen and oxygen atoms in total. The fraction of sp³-hybridized carbons (Fsp3) is 0.333. The number of nitrogens with one attached hydrogen (secondary N) is 1. The molecular weight excluding hydrogens is 276 g/mol. The first-order chi connectivity index (χ1) is 10.4. The average molecular weight is 296 g/mol. The summed E-state index contributed by atoms with van der Waals surface area (Å²) < 4.78 is 0. The summed E-state index contributed by atoms with van der Waals surface area (Å²) in [4.78, 5) is 3.92. The van der Waals surface area contributed by atoms with Crippen LogP contribution < -0.4 is 10.2 Å². The Hall–Kier alpha value is -1.45. The Morgan fingerprint density at radius 3 is 2.71 bits per heavy atom. The zero-order chi connectivity index (χ0) is 14.1. The number of thioether (sulfide) groups is 1. The molecule has 1 atom stereocenters. The maximum Gasteiger partial charge on any atom is 0.0549 e. The number of anilines is 2. The molecule has 2 aliphatic heterocycles. The van der Waals surface area contributed by atoms with Gasteiger partial charge in [-0.25, -0.2) is 0 Å². The van der Waals surface area contributed by atoms with Crippen molar-refractivity contribution >= 4 is 23.1 Å². The van der Waals surface area contributed by atoms with Crippen LogP contribution in [0.1, 0.15) is 18.4 Å². The third kappa shape index (κ3) is 2.56. The molecule has 1 N–H and O–H groups in total. The van der Waals surface area contributed by atoms with Crippen molar-refractivity contribution in [2.45, 2.75) is 29.5 Å². The van der Waals surface area contributed by atoms with Gasteiger partial charge in [0.05, 0.1) is 5.69 Å². The topological polar surface area (TPSA) is 15.3 Å². The van der Waals surface area contributed by atoms with Crippen molar-refractivity contribution < 1.29 is 0 Å². The van der Waals surface area contributed by atoms with Gasteiger partial charge in [0.1, 0.15) is 0 Å². The van der Waals surface area contributed by atoms with Crippen LogP contribution in [0.3, 0.4) is 0 Å². The number of nitrogens with zero attached hydrogens (tertiary/aromatic N) is 1. The fourth-order valence-electron chi connectivity index (χ4n) is 3.31. The number of hydrogen-bond donors (Lipinski definition) is 1. The van der Waals surface area contributed by atoms with Crippen LogP contribution in [0.5, 0.6) is 0 Å². The van der Waals surface area contributed by atoms with Crippen LogP contribution in [0.25, 0.3) is 0 Å². The first-order valence-electron chi connectivity index (χ1n) is 7.72. The molecule has 108 valence electrons. The molecule has 2 aromatic rings. The Bertz CT molecular complexity index is 587. The molecule has 2 aromatic carbocycles. The van der Waals surface area contributed by atoms with Gasteiger partial charge in [0.15, 0.2) is 0 Å². The molecule has 0 amide bonds. The lowest BCUT2D eigenvalue weighted by atomic mass is 10.1. The van der Waals surface area contributed by atoms with Crippen LogP contribution in [0.4, 0.5) is 11.4 Å². The molecule has 0 aromatic heterocycles. The van der Waals surface area contributed by atoms with E-state index in [1.165, 1.54) is 34.7 Å². The summed E-state index contributed by atoms with van der Waals surface area (Å²) >= 11 is 1.95. The van der Waals surface area contributed by atoms with E-state index >= 15 is 0 Å². The Morgan fingerprint density at radius 1 is 1.05 bits per heavy atom. The highest BCUT2D eigenvalue weighted by Crippen LogP contribution is 2.42. The maximum absolute atomic E-state index is 3.64. The fourth-order valence-corrected chi connectivity index (χ4v) is 4.37. The van der Waals surface area contributed by atoms with Crippen LogP contribution >= 0.6 is 11.8 Å². The van der Waals surface area contributed by atoms with Crippen LogP contribution in [-0.2, 0) is 5.75 Å². The number of rotatable bonds is 2. The van der Waals surface area contributed by atoms with Gasteiger partial charge >= 0.3 is 0 Å². The predicted octanol–water partition coefficient (Wildman–Crippen LogP) is 4.18. The first kappa shape index (κ1) is 13.2. The van der Waals surface area contributed by atoms with Gasteiger partial charge in [-0.05, 0) is 43.1 Å². The standard InChI is InChI=1S/C18H20N2S/c1-2-8-16-14(6-1)13-21-18-10-4-3-9-17(18)20(16)12-15-7-5-11-19-15/h1-4,6,8-10,15,19H,5,7,11-13H2. The summed E-state index contributed by atoms with van der Waals surface area (Å²) in [7, 11) is 0. The van der Waals surface area contributed by atoms with Crippen molar-refractivity contribution in [1.29, 1.82) is 0 Å². The second-order valence-electron chi connectivity index (χ2n) is 5.79. The van der Waals surface area contributed by atoms with Crippen molar-refractivity contribution in [2.24, 2.45) is 0 Å². The molecule has 2 aliphatic rings. The quantitative estimate of drug-likeness (QED) is 0.895. The summed E-state index contributed by atoms with van der Waals surface area (Å²) in [5, 5.41) is 3.64. The molecule has 3 heteroatoms. The first-order valence-corrected chi connectivity index (χ1v) is 8.71.